The van der Waals surface area contributed by atoms with Crippen LogP contribution in [-0.2, 0) is 11.0 Å². The van der Waals surface area contributed by atoms with Gasteiger partial charge in [0.15, 0.2) is 5.78 Å². The van der Waals surface area contributed by atoms with Crippen molar-refractivity contribution >= 4 is 14.0 Å². The van der Waals surface area contributed by atoms with E-state index in [2.05, 4.69) is 0 Å². The summed E-state index contributed by atoms with van der Waals surface area (Å²) in [6.45, 7) is 7.72. The molecule has 1 N–H and O–H groups in total. The van der Waals surface area contributed by atoms with Gasteiger partial charge in [0.25, 0.3) is 0 Å². The molecule has 2 rings (SSSR count). The summed E-state index contributed by atoms with van der Waals surface area (Å²) < 4.78 is 16.1. The summed E-state index contributed by atoms with van der Waals surface area (Å²) >= 11 is 0. The molecule has 23 heavy (non-hydrogen) atoms. The van der Waals surface area contributed by atoms with Crippen LogP contribution in [0.4, 0.5) is 0 Å². The lowest BCUT2D eigenvalue weighted by Gasteiger charge is -2.16. The van der Waals surface area contributed by atoms with Gasteiger partial charge in [-0.25, -0.2) is 4.57 Å². The molecule has 0 bridgehead atoms. The minimum absolute atomic E-state index is 0.167. The lowest BCUT2D eigenvalue weighted by Crippen LogP contribution is -2.11. The van der Waals surface area contributed by atoms with E-state index in [1.807, 2.05) is 45.9 Å². The normalized spacial score (nSPS) is 12.0. The van der Waals surface area contributed by atoms with Gasteiger partial charge in [0.2, 0.25) is 0 Å². The van der Waals surface area contributed by atoms with E-state index in [0.29, 0.717) is 17.5 Å². The number of hydrogen-bond donors (Lipinski definition) is 1. The van der Waals surface area contributed by atoms with Crippen LogP contribution in [0.2, 0.25) is 0 Å². The van der Waals surface area contributed by atoms with Crippen LogP contribution in [0.3, 0.4) is 0 Å². The van der Waals surface area contributed by atoms with Crippen LogP contribution in [0.25, 0.3) is 0 Å². The zero-order valence-corrected chi connectivity index (χ0v) is 14.8. The average molecular weight is 332 g/mol. The van der Waals surface area contributed by atoms with Gasteiger partial charge in [-0.3, -0.25) is 4.79 Å². The first-order valence-electron chi connectivity index (χ1n) is 7.50. The maximum Gasteiger partial charge on any atom is 0.365 e. The van der Waals surface area contributed by atoms with Crippen molar-refractivity contribution in [2.75, 3.05) is 0 Å². The molecular formula is C18H21O4P. The topological polar surface area (TPSA) is 63.6 Å². The van der Waals surface area contributed by atoms with Crippen molar-refractivity contribution in [1.29, 1.82) is 0 Å². The Morgan fingerprint density at radius 1 is 1.13 bits per heavy atom. The largest absolute Gasteiger partial charge is 0.426 e. The average Bonchev–Trinajstić information content (AvgIpc) is 2.44. The molecule has 0 amide bonds. The zero-order chi connectivity index (χ0) is 17.1. The maximum absolute atomic E-state index is 13.1. The van der Waals surface area contributed by atoms with Gasteiger partial charge in [-0.2, -0.15) is 0 Å². The highest BCUT2D eigenvalue weighted by Gasteiger charge is 2.22. The molecule has 1 unspecified atom stereocenters. The highest BCUT2D eigenvalue weighted by atomic mass is 31.1. The summed E-state index contributed by atoms with van der Waals surface area (Å²) in [5, 5.41) is 0. The van der Waals surface area contributed by atoms with Crippen molar-refractivity contribution in [1.82, 2.24) is 0 Å². The molecule has 2 aromatic rings. The van der Waals surface area contributed by atoms with Crippen LogP contribution < -0.4 is 4.52 Å². The second kappa shape index (κ2) is 7.12. The molecule has 0 aliphatic carbocycles. The van der Waals surface area contributed by atoms with Gasteiger partial charge in [0.1, 0.15) is 5.75 Å². The minimum Gasteiger partial charge on any atom is -0.426 e. The van der Waals surface area contributed by atoms with Gasteiger partial charge in [0.05, 0.1) is 5.56 Å². The van der Waals surface area contributed by atoms with Crippen LogP contribution >= 0.6 is 8.25 Å². The van der Waals surface area contributed by atoms with Gasteiger partial charge in [-0.15, -0.1) is 0 Å². The van der Waals surface area contributed by atoms with E-state index in [9.17, 15) is 9.36 Å². The molecule has 0 aliphatic rings. The third-order valence-corrected chi connectivity index (χ3v) is 4.22. The van der Waals surface area contributed by atoms with Gasteiger partial charge in [-0.1, -0.05) is 36.8 Å². The Balaban J connectivity index is 2.66. The first kappa shape index (κ1) is 17.5. The Morgan fingerprint density at radius 3 is 2.26 bits per heavy atom. The predicted molar refractivity (Wildman–Crippen MR) is 91.8 cm³/mol. The number of rotatable bonds is 5. The van der Waals surface area contributed by atoms with E-state index in [0.717, 1.165) is 22.3 Å². The zero-order valence-electron chi connectivity index (χ0n) is 13.8. The van der Waals surface area contributed by atoms with Gasteiger partial charge in [-0.05, 0) is 49.9 Å². The third kappa shape index (κ3) is 3.72. The van der Waals surface area contributed by atoms with Gasteiger partial charge in [0, 0.05) is 5.56 Å². The predicted octanol–water partition coefficient (Wildman–Crippen LogP) is 4.17. The standard InChI is InChI=1S/C18H21O4P/c1-5-14-7-6-8-15(22-23(20)21)17(14)18(19)16-12(3)9-11(2)10-13(16)4/h6-10,23H,5H2,1-4H3,(H,20,21). The Hall–Kier alpha value is -1.90. The Bertz CT molecular complexity index is 758. The van der Waals surface area contributed by atoms with Crippen molar-refractivity contribution < 1.29 is 18.8 Å². The molecule has 0 aromatic heterocycles. The maximum atomic E-state index is 13.1. The number of ketones is 1. The van der Waals surface area contributed by atoms with Crippen LogP contribution in [0.5, 0.6) is 5.75 Å². The SMILES string of the molecule is CCc1cccc(O[PH](=O)O)c1C(=O)c1c(C)cc(C)cc1C. The Labute approximate surface area is 137 Å². The van der Waals surface area contributed by atoms with Crippen molar-refractivity contribution in [3.8, 4) is 5.75 Å². The van der Waals surface area contributed by atoms with Crippen molar-refractivity contribution in [2.45, 2.75) is 34.1 Å². The second-order valence-electron chi connectivity index (χ2n) is 5.61. The molecule has 122 valence electrons. The molecule has 0 saturated carbocycles. The van der Waals surface area contributed by atoms with E-state index >= 15 is 0 Å². The fourth-order valence-corrected chi connectivity index (χ4v) is 3.33. The molecule has 0 saturated heterocycles. The lowest BCUT2D eigenvalue weighted by atomic mass is 9.90. The number of benzene rings is 2. The first-order valence-corrected chi connectivity index (χ1v) is 8.76. The van der Waals surface area contributed by atoms with Crippen LogP contribution in [0.15, 0.2) is 30.3 Å². The minimum atomic E-state index is -3.18. The molecule has 0 radical (unpaired) electrons. The highest BCUT2D eigenvalue weighted by molar-refractivity contribution is 7.32. The van der Waals surface area contributed by atoms with Gasteiger partial charge >= 0.3 is 8.25 Å². The molecular weight excluding hydrogens is 311 g/mol. The van der Waals surface area contributed by atoms with Crippen molar-refractivity contribution in [3.63, 3.8) is 0 Å². The second-order valence-corrected chi connectivity index (χ2v) is 6.35. The molecule has 1 atom stereocenters. The summed E-state index contributed by atoms with van der Waals surface area (Å²) in [5.41, 5.74) is 4.67. The van der Waals surface area contributed by atoms with E-state index in [1.54, 1.807) is 12.1 Å². The molecule has 0 spiro atoms. The third-order valence-electron chi connectivity index (χ3n) is 3.82. The number of carbonyl (C=O) groups is 1. The fraction of sp³-hybridized carbons (Fsp3) is 0.278. The highest BCUT2D eigenvalue weighted by Crippen LogP contribution is 2.33. The quantitative estimate of drug-likeness (QED) is 0.659. The fourth-order valence-electron chi connectivity index (χ4n) is 2.97. The molecule has 2 aromatic carbocycles. The smallest absolute Gasteiger partial charge is 0.365 e. The summed E-state index contributed by atoms with van der Waals surface area (Å²) in [6, 6.07) is 9.05. The number of aryl methyl sites for hydroxylation is 4. The van der Waals surface area contributed by atoms with Crippen LogP contribution in [0.1, 0.15) is 45.1 Å². The van der Waals surface area contributed by atoms with Crippen LogP contribution in [-0.4, -0.2) is 10.7 Å². The summed E-state index contributed by atoms with van der Waals surface area (Å²) in [7, 11) is -3.18. The van der Waals surface area contributed by atoms with E-state index in [1.165, 1.54) is 0 Å². The summed E-state index contributed by atoms with van der Waals surface area (Å²) in [4.78, 5) is 22.2. The summed E-state index contributed by atoms with van der Waals surface area (Å²) in [6.07, 6.45) is 0.634. The van der Waals surface area contributed by atoms with E-state index < -0.39 is 8.25 Å². The van der Waals surface area contributed by atoms with Crippen LogP contribution in [0, 0.1) is 20.8 Å². The summed E-state index contributed by atoms with van der Waals surface area (Å²) in [5.74, 6) is -0.00388. The Kier molecular flexibility index (Phi) is 5.40. The first-order chi connectivity index (χ1) is 10.8. The van der Waals surface area contributed by atoms with Crippen molar-refractivity contribution in [2.24, 2.45) is 0 Å². The molecule has 0 fully saturated rings. The van der Waals surface area contributed by atoms with Crippen molar-refractivity contribution in [3.05, 3.63) is 63.7 Å². The Morgan fingerprint density at radius 2 is 1.74 bits per heavy atom. The number of carbonyl (C=O) groups excluding carboxylic acids is 1. The van der Waals surface area contributed by atoms with E-state index in [4.69, 9.17) is 9.42 Å². The lowest BCUT2D eigenvalue weighted by molar-refractivity contribution is 0.103. The van der Waals surface area contributed by atoms with Gasteiger partial charge < -0.3 is 9.42 Å². The monoisotopic (exact) mass is 332 g/mol. The molecule has 5 heteroatoms. The number of hydrogen-bond acceptors (Lipinski definition) is 3. The molecule has 0 heterocycles. The molecule has 4 nitrogen and oxygen atoms in total. The van der Waals surface area contributed by atoms with E-state index in [-0.39, 0.29) is 11.5 Å². The molecule has 0 aliphatic heterocycles.